The third kappa shape index (κ3) is 6.18. The van der Waals surface area contributed by atoms with E-state index in [1.54, 1.807) is 12.3 Å². The van der Waals surface area contributed by atoms with Crippen molar-refractivity contribution in [3.05, 3.63) is 27.5 Å². The molecule has 0 amide bonds. The molecule has 0 bridgehead atoms. The van der Waals surface area contributed by atoms with Crippen LogP contribution >= 0.6 is 27.5 Å². The second-order valence-electron chi connectivity index (χ2n) is 9.82. The van der Waals surface area contributed by atoms with Crippen molar-refractivity contribution in [2.75, 3.05) is 11.9 Å². The zero-order chi connectivity index (χ0) is 23.6. The lowest BCUT2D eigenvalue weighted by molar-refractivity contribution is 0.0697. The average Bonchev–Trinajstić information content (AvgIpc) is 2.63. The Hall–Kier alpha value is -1.22. The molecule has 0 fully saturated rings. The molecule has 2 N–H and O–H groups in total. The van der Waals surface area contributed by atoms with E-state index in [1.165, 1.54) is 0 Å². The summed E-state index contributed by atoms with van der Waals surface area (Å²) in [6, 6.07) is 1.78. The van der Waals surface area contributed by atoms with Crippen molar-refractivity contribution in [3.63, 3.8) is 0 Å². The van der Waals surface area contributed by atoms with Gasteiger partial charge in [0.25, 0.3) is 0 Å². The number of carbonyl (C=O) groups is 1. The summed E-state index contributed by atoms with van der Waals surface area (Å²) in [6.45, 7) is 15.7. The van der Waals surface area contributed by atoms with E-state index in [2.05, 4.69) is 78.9 Å². The lowest BCUT2D eigenvalue weighted by Crippen LogP contribution is -2.48. The third-order valence-electron chi connectivity index (χ3n) is 6.03. The third-order valence-corrected chi connectivity index (χ3v) is 11.2. The highest BCUT2D eigenvalue weighted by Crippen LogP contribution is 2.39. The van der Waals surface area contributed by atoms with Crippen LogP contribution < -0.4 is 5.32 Å². The average molecular weight is 531 g/mol. The number of nitrogens with one attached hydrogen (secondary N) is 1. The van der Waals surface area contributed by atoms with Crippen LogP contribution in [0.15, 0.2) is 16.7 Å². The minimum Gasteiger partial charge on any atom is -0.478 e. The Morgan fingerprint density at radius 2 is 1.97 bits per heavy atom. The number of carboxylic acids is 1. The van der Waals surface area contributed by atoms with Gasteiger partial charge in [-0.3, -0.25) is 4.98 Å². The maximum atomic E-state index is 12.1. The van der Waals surface area contributed by atoms with Crippen molar-refractivity contribution < 1.29 is 14.3 Å². The van der Waals surface area contributed by atoms with Crippen molar-refractivity contribution in [1.82, 2.24) is 9.97 Å². The van der Waals surface area contributed by atoms with E-state index >= 15 is 0 Å². The number of nitrogens with zero attached hydrogens (tertiary/aromatic N) is 2. The van der Waals surface area contributed by atoms with Gasteiger partial charge in [0, 0.05) is 10.7 Å². The van der Waals surface area contributed by atoms with E-state index in [4.69, 9.17) is 16.0 Å². The fraction of sp³-hybridized carbons (Fsp3) is 0.591. The van der Waals surface area contributed by atoms with Gasteiger partial charge in [0.05, 0.1) is 23.3 Å². The van der Waals surface area contributed by atoms with E-state index in [-0.39, 0.29) is 15.8 Å². The molecule has 1 atom stereocenters. The molecule has 2 aromatic heterocycles. The summed E-state index contributed by atoms with van der Waals surface area (Å²) >= 11 is 9.69. The fourth-order valence-corrected chi connectivity index (χ4v) is 4.70. The number of hydrogen-bond acceptors (Lipinski definition) is 5. The molecule has 2 heterocycles. The Balaban J connectivity index is 2.55. The molecule has 31 heavy (non-hydrogen) atoms. The van der Waals surface area contributed by atoms with E-state index < -0.39 is 19.8 Å². The molecule has 0 spiro atoms. The molecule has 2 rings (SSSR count). The first-order valence-corrected chi connectivity index (χ1v) is 14.6. The Morgan fingerprint density at radius 3 is 2.52 bits per heavy atom. The van der Waals surface area contributed by atoms with Gasteiger partial charge in [-0.25, -0.2) is 9.78 Å². The summed E-state index contributed by atoms with van der Waals surface area (Å²) in [7, 11) is -2.00. The van der Waals surface area contributed by atoms with Crippen LogP contribution in [0.2, 0.25) is 23.3 Å². The Kier molecular flexibility index (Phi) is 8.17. The van der Waals surface area contributed by atoms with Gasteiger partial charge in [-0.05, 0) is 53.5 Å². The van der Waals surface area contributed by atoms with Crippen LogP contribution in [0, 0.1) is 0 Å². The van der Waals surface area contributed by atoms with Gasteiger partial charge in [-0.1, -0.05) is 52.1 Å². The predicted octanol–water partition coefficient (Wildman–Crippen LogP) is 7.13. The van der Waals surface area contributed by atoms with Crippen molar-refractivity contribution in [3.8, 4) is 0 Å². The summed E-state index contributed by atoms with van der Waals surface area (Å²) in [6.07, 6.45) is 4.44. The van der Waals surface area contributed by atoms with E-state index in [0.29, 0.717) is 23.3 Å². The Labute approximate surface area is 199 Å². The molecule has 0 aromatic carbocycles. The molecular formula is C22H33BrClN3O3Si. The first-order chi connectivity index (χ1) is 14.2. The number of halogens is 2. The highest BCUT2D eigenvalue weighted by Gasteiger charge is 2.39. The molecule has 0 aliphatic carbocycles. The smallest absolute Gasteiger partial charge is 0.341 e. The molecule has 0 aliphatic heterocycles. The van der Waals surface area contributed by atoms with Crippen LogP contribution in [0.25, 0.3) is 11.0 Å². The number of carboxylic acid groups (broad SMARTS) is 1. The van der Waals surface area contributed by atoms with Crippen LogP contribution in [0.4, 0.5) is 5.69 Å². The molecular weight excluding hydrogens is 498 g/mol. The maximum absolute atomic E-state index is 12.1. The summed E-state index contributed by atoms with van der Waals surface area (Å²) in [5.74, 6) is -1.14. The first-order valence-electron chi connectivity index (χ1n) is 10.5. The van der Waals surface area contributed by atoms with E-state index in [0.717, 1.165) is 23.7 Å². The van der Waals surface area contributed by atoms with E-state index in [1.807, 2.05) is 0 Å². The molecule has 0 saturated heterocycles. The number of anilines is 1. The predicted molar refractivity (Wildman–Crippen MR) is 134 cm³/mol. The molecule has 0 saturated carbocycles. The quantitative estimate of drug-likeness (QED) is 0.265. The van der Waals surface area contributed by atoms with Crippen molar-refractivity contribution in [2.24, 2.45) is 0 Å². The monoisotopic (exact) mass is 529 g/mol. The van der Waals surface area contributed by atoms with E-state index in [9.17, 15) is 9.90 Å². The Morgan fingerprint density at radius 1 is 1.32 bits per heavy atom. The summed E-state index contributed by atoms with van der Waals surface area (Å²) in [5, 5.41) is 13.4. The van der Waals surface area contributed by atoms with Gasteiger partial charge in [0.1, 0.15) is 16.2 Å². The molecule has 2 aromatic rings. The lowest BCUT2D eigenvalue weighted by atomic mass is 9.95. The second kappa shape index (κ2) is 9.73. The summed E-state index contributed by atoms with van der Waals surface area (Å²) < 4.78 is 7.29. The van der Waals surface area contributed by atoms with Crippen LogP contribution in [-0.4, -0.2) is 41.5 Å². The van der Waals surface area contributed by atoms with Crippen LogP contribution in [0.3, 0.4) is 0 Å². The van der Waals surface area contributed by atoms with Crippen LogP contribution in [0.5, 0.6) is 0 Å². The van der Waals surface area contributed by atoms with Crippen LogP contribution in [0.1, 0.15) is 64.2 Å². The van der Waals surface area contributed by atoms with Crippen molar-refractivity contribution >= 4 is 58.5 Å². The number of aromatic carboxylic acids is 1. The number of unbranched alkanes of at least 4 members (excludes halogenated alkanes) is 1. The Bertz CT molecular complexity index is 965. The van der Waals surface area contributed by atoms with Gasteiger partial charge < -0.3 is 14.8 Å². The lowest BCUT2D eigenvalue weighted by Gasteiger charge is -2.41. The maximum Gasteiger partial charge on any atom is 0.341 e. The largest absolute Gasteiger partial charge is 0.478 e. The number of pyridine rings is 2. The van der Waals surface area contributed by atoms with Crippen LogP contribution in [-0.2, 0) is 4.43 Å². The minimum atomic E-state index is -2.00. The highest BCUT2D eigenvalue weighted by molar-refractivity contribution is 9.10. The highest BCUT2D eigenvalue weighted by atomic mass is 79.9. The van der Waals surface area contributed by atoms with Gasteiger partial charge >= 0.3 is 5.97 Å². The van der Waals surface area contributed by atoms with Gasteiger partial charge in [-0.15, -0.1) is 0 Å². The zero-order valence-electron chi connectivity index (χ0n) is 19.4. The van der Waals surface area contributed by atoms with Gasteiger partial charge in [0.15, 0.2) is 8.32 Å². The van der Waals surface area contributed by atoms with Gasteiger partial charge in [-0.2, -0.15) is 0 Å². The number of rotatable bonds is 9. The first kappa shape index (κ1) is 26.0. The standard InChI is InChI=1S/C22H33BrClN3O3Si/c1-8-9-10-22(5,13-30-31(6,7)21(2,3)4)27-18-16(20(28)29)19(24)26-15-11-14(23)12-25-17(15)18/h11-12H,8-10,13H2,1-7H3,(H,26,27)(H,28,29). The van der Waals surface area contributed by atoms with Crippen molar-refractivity contribution in [2.45, 2.75) is 77.6 Å². The molecule has 1 unspecified atom stereocenters. The number of fused-ring (bicyclic) bond motifs is 1. The number of hydrogen-bond donors (Lipinski definition) is 2. The zero-order valence-corrected chi connectivity index (χ0v) is 22.7. The van der Waals surface area contributed by atoms with Gasteiger partial charge in [0.2, 0.25) is 0 Å². The topological polar surface area (TPSA) is 84.3 Å². The fourth-order valence-electron chi connectivity index (χ4n) is 3.00. The molecule has 0 aliphatic rings. The SMILES string of the molecule is CCCCC(C)(CO[Si](C)(C)C(C)(C)C)Nc1c(C(=O)O)c(Cl)nc2cc(Br)cnc12. The number of aromatic nitrogens is 2. The summed E-state index contributed by atoms with van der Waals surface area (Å²) in [4.78, 5) is 20.8. The second-order valence-corrected chi connectivity index (χ2v) is 15.9. The molecule has 6 nitrogen and oxygen atoms in total. The minimum absolute atomic E-state index is 0.0643. The molecule has 9 heteroatoms. The summed E-state index contributed by atoms with van der Waals surface area (Å²) in [5.41, 5.74) is 0.809. The van der Waals surface area contributed by atoms with Crippen molar-refractivity contribution in [1.29, 1.82) is 0 Å². The molecule has 0 radical (unpaired) electrons. The molecule has 172 valence electrons. The normalized spacial score (nSPS) is 14.5.